The summed E-state index contributed by atoms with van der Waals surface area (Å²) in [6, 6.07) is 62.9. The Morgan fingerprint density at radius 2 is 0.987 bits per heavy atom. The van der Waals surface area contributed by atoms with Crippen molar-refractivity contribution in [1.82, 2.24) is 0 Å². The van der Waals surface area contributed by atoms with Crippen LogP contribution in [0.15, 0.2) is 164 Å². The van der Waals surface area contributed by atoms with Crippen molar-refractivity contribution in [3.8, 4) is 44.9 Å². The first-order chi connectivity index (χ1) is 36.3. The second kappa shape index (κ2) is 17.2. The zero-order valence-electron chi connectivity index (χ0n) is 46.0. The Morgan fingerprint density at radius 1 is 0.434 bits per heavy atom. The lowest BCUT2D eigenvalue weighted by atomic mass is 9.33. The lowest BCUT2D eigenvalue weighted by molar-refractivity contribution is 0.174. The summed E-state index contributed by atoms with van der Waals surface area (Å²) in [5.74, 6) is 1.58. The number of hydrogen-bond acceptors (Lipinski definition) is 5. The summed E-state index contributed by atoms with van der Waals surface area (Å²) in [6.07, 6.45) is 0. The van der Waals surface area contributed by atoms with Crippen LogP contribution in [0.3, 0.4) is 0 Å². The molecule has 0 aliphatic carbocycles. The quantitative estimate of drug-likeness (QED) is 0.160. The van der Waals surface area contributed by atoms with E-state index in [-0.39, 0.29) is 29.8 Å². The first-order valence-electron chi connectivity index (χ1n) is 27.0. The predicted octanol–water partition coefficient (Wildman–Crippen LogP) is 17.7. The molecule has 3 aliphatic heterocycles. The van der Waals surface area contributed by atoms with Gasteiger partial charge in [-0.3, -0.25) is 0 Å². The largest absolute Gasteiger partial charge is 0.454 e. The number of hydrogen-bond donors (Lipinski definition) is 0. The van der Waals surface area contributed by atoms with Crippen molar-refractivity contribution in [2.45, 2.75) is 99.3 Å². The van der Waals surface area contributed by atoms with Crippen molar-refractivity contribution < 1.29 is 9.47 Å². The SMILES string of the molecule is Cc1cc2c3c(c1)N(c1c(C)cc(C(C)(C)C)cc1C)c1c(ccc4c1OCO4)B3c1ccc(-c3ccc4c(c3)sc3ccccc34)cc1N2c1cc(-c2ccc(C(C)(C)C)cc2)cc(-c2ccc(C(C)(C)C)cc2)c1. The van der Waals surface area contributed by atoms with E-state index in [0.717, 1.165) is 34.2 Å². The first-order valence-corrected chi connectivity index (χ1v) is 27.8. The number of fused-ring (bicyclic) bond motifs is 9. The van der Waals surface area contributed by atoms with Crippen LogP contribution in [0.25, 0.3) is 53.6 Å². The molecule has 10 aromatic rings. The van der Waals surface area contributed by atoms with Crippen LogP contribution in [-0.4, -0.2) is 13.5 Å². The summed E-state index contributed by atoms with van der Waals surface area (Å²) in [4.78, 5) is 5.12. The third kappa shape index (κ3) is 7.85. The number of anilines is 6. The maximum absolute atomic E-state index is 6.59. The van der Waals surface area contributed by atoms with Crippen molar-refractivity contribution >= 4 is 88.7 Å². The molecule has 1 aromatic heterocycles. The third-order valence-corrected chi connectivity index (χ3v) is 17.5. The second-order valence-electron chi connectivity index (χ2n) is 24.8. The normalized spacial score (nSPS) is 13.9. The van der Waals surface area contributed by atoms with E-state index in [0.29, 0.717) is 0 Å². The molecular formula is C70H65BN2O2S. The van der Waals surface area contributed by atoms with Gasteiger partial charge < -0.3 is 19.3 Å². The van der Waals surface area contributed by atoms with Gasteiger partial charge in [0.15, 0.2) is 11.5 Å². The topological polar surface area (TPSA) is 24.9 Å². The minimum absolute atomic E-state index is 0.0109. The molecule has 0 saturated heterocycles. The summed E-state index contributed by atoms with van der Waals surface area (Å²) in [5, 5.41) is 2.61. The van der Waals surface area contributed by atoms with Gasteiger partial charge in [-0.2, -0.15) is 0 Å². The molecule has 0 spiro atoms. The maximum Gasteiger partial charge on any atom is 0.252 e. The molecule has 0 atom stereocenters. The molecule has 3 aliphatic rings. The zero-order valence-corrected chi connectivity index (χ0v) is 46.8. The van der Waals surface area contributed by atoms with Gasteiger partial charge in [-0.05, 0) is 175 Å². The minimum atomic E-state index is -0.108. The van der Waals surface area contributed by atoms with Gasteiger partial charge in [0, 0.05) is 42.9 Å². The summed E-state index contributed by atoms with van der Waals surface area (Å²) < 4.78 is 15.4. The lowest BCUT2D eigenvalue weighted by Crippen LogP contribution is -2.61. The van der Waals surface area contributed by atoms with Gasteiger partial charge >= 0.3 is 0 Å². The molecule has 0 unspecified atom stereocenters. The number of nitrogens with zero attached hydrogens (tertiary/aromatic N) is 2. The van der Waals surface area contributed by atoms with Crippen molar-refractivity contribution in [2.75, 3.05) is 16.6 Å². The Bertz CT molecular complexity index is 3920. The predicted molar refractivity (Wildman–Crippen MR) is 326 cm³/mol. The molecule has 376 valence electrons. The Morgan fingerprint density at radius 3 is 1.62 bits per heavy atom. The van der Waals surface area contributed by atoms with Gasteiger partial charge in [0.25, 0.3) is 6.71 Å². The first kappa shape index (κ1) is 48.1. The fraction of sp³-hybridized carbons (Fsp3) is 0.229. The van der Waals surface area contributed by atoms with Gasteiger partial charge in [-0.25, -0.2) is 0 Å². The molecule has 0 bridgehead atoms. The average molecular weight is 1010 g/mol. The Labute approximate surface area is 453 Å². The highest BCUT2D eigenvalue weighted by atomic mass is 32.1. The molecule has 0 saturated carbocycles. The second-order valence-corrected chi connectivity index (χ2v) is 25.9. The van der Waals surface area contributed by atoms with Gasteiger partial charge in [0.2, 0.25) is 6.79 Å². The molecule has 76 heavy (non-hydrogen) atoms. The molecular weight excluding hydrogens is 944 g/mol. The van der Waals surface area contributed by atoms with Gasteiger partial charge in [-0.15, -0.1) is 11.3 Å². The van der Waals surface area contributed by atoms with Crippen molar-refractivity contribution in [2.24, 2.45) is 0 Å². The van der Waals surface area contributed by atoms with E-state index in [4.69, 9.17) is 9.47 Å². The zero-order chi connectivity index (χ0) is 52.7. The van der Waals surface area contributed by atoms with Crippen LogP contribution in [0, 0.1) is 20.8 Å². The van der Waals surface area contributed by atoms with E-state index >= 15 is 0 Å². The molecule has 13 rings (SSSR count). The summed E-state index contributed by atoms with van der Waals surface area (Å²) >= 11 is 1.87. The maximum atomic E-state index is 6.59. The van der Waals surface area contributed by atoms with Crippen LogP contribution in [0.1, 0.15) is 95.7 Å². The molecule has 9 aromatic carbocycles. The molecule has 4 nitrogen and oxygen atoms in total. The van der Waals surface area contributed by atoms with Gasteiger partial charge in [0.05, 0.1) is 11.4 Å². The molecule has 0 fully saturated rings. The van der Waals surface area contributed by atoms with E-state index < -0.39 is 0 Å². The fourth-order valence-electron chi connectivity index (χ4n) is 12.3. The Hall–Kier alpha value is -7.54. The Kier molecular flexibility index (Phi) is 10.9. The van der Waals surface area contributed by atoms with E-state index in [1.807, 2.05) is 11.3 Å². The lowest BCUT2D eigenvalue weighted by Gasteiger charge is -2.45. The van der Waals surface area contributed by atoms with Crippen molar-refractivity contribution in [3.05, 3.63) is 197 Å². The highest BCUT2D eigenvalue weighted by Crippen LogP contribution is 2.53. The van der Waals surface area contributed by atoms with Crippen molar-refractivity contribution in [1.29, 1.82) is 0 Å². The highest BCUT2D eigenvalue weighted by molar-refractivity contribution is 7.25. The van der Waals surface area contributed by atoms with Crippen molar-refractivity contribution in [3.63, 3.8) is 0 Å². The van der Waals surface area contributed by atoms with Gasteiger partial charge in [-0.1, -0.05) is 172 Å². The number of thiophene rings is 1. The number of benzene rings is 9. The van der Waals surface area contributed by atoms with E-state index in [1.54, 1.807) is 0 Å². The molecule has 0 radical (unpaired) electrons. The van der Waals surface area contributed by atoms with Crippen LogP contribution in [0.2, 0.25) is 0 Å². The van der Waals surface area contributed by atoms with Crippen LogP contribution in [-0.2, 0) is 16.2 Å². The fourth-order valence-corrected chi connectivity index (χ4v) is 13.5. The highest BCUT2D eigenvalue weighted by Gasteiger charge is 2.46. The number of ether oxygens (including phenoxy) is 2. The summed E-state index contributed by atoms with van der Waals surface area (Å²) in [5.41, 5.74) is 25.3. The van der Waals surface area contributed by atoms with E-state index in [2.05, 4.69) is 257 Å². The summed E-state index contributed by atoms with van der Waals surface area (Å²) in [7, 11) is 0. The average Bonchev–Trinajstić information content (AvgIpc) is 4.10. The molecule has 0 amide bonds. The Balaban J connectivity index is 1.10. The standard InChI is InChI=1S/C70H65BN2O2S/c1-41-31-59-64-60(32-41)73(65-42(2)33-52(34-43(65)3)70(10,11)12)66-57(29-30-61-67(66)75-40-74-61)71(64)56-28-22-46(47-21-27-55-54-15-13-14-16-62(54)76-63(55)39-47)38-58(56)72(59)53-36-48(44-17-23-50(24-18-44)68(4,5)6)35-49(37-53)45-19-25-51(26-20-45)69(7,8)9/h13-39H,40H2,1-12H3. The van der Waals surface area contributed by atoms with Crippen LogP contribution in [0.4, 0.5) is 34.1 Å². The van der Waals surface area contributed by atoms with Crippen LogP contribution in [0.5, 0.6) is 11.5 Å². The van der Waals surface area contributed by atoms with Crippen LogP contribution >= 0.6 is 11.3 Å². The van der Waals surface area contributed by atoms with Gasteiger partial charge in [0.1, 0.15) is 0 Å². The minimum Gasteiger partial charge on any atom is -0.454 e. The van der Waals surface area contributed by atoms with E-state index in [9.17, 15) is 0 Å². The number of rotatable bonds is 5. The number of aryl methyl sites for hydroxylation is 3. The smallest absolute Gasteiger partial charge is 0.252 e. The molecule has 6 heteroatoms. The third-order valence-electron chi connectivity index (χ3n) is 16.3. The monoisotopic (exact) mass is 1010 g/mol. The van der Waals surface area contributed by atoms with Crippen LogP contribution < -0.4 is 35.7 Å². The van der Waals surface area contributed by atoms with E-state index in [1.165, 1.54) is 115 Å². The summed E-state index contributed by atoms with van der Waals surface area (Å²) in [6.45, 7) is 27.5. The molecule has 0 N–H and O–H groups in total. The molecule has 4 heterocycles.